The van der Waals surface area contributed by atoms with E-state index in [1.54, 1.807) is 0 Å². The summed E-state index contributed by atoms with van der Waals surface area (Å²) in [5.74, 6) is -0.000260. The first-order valence-electron chi connectivity index (χ1n) is 10.1. The molecule has 1 atom stereocenters. The van der Waals surface area contributed by atoms with Crippen LogP contribution in [0.3, 0.4) is 0 Å². The number of carbonyl (C=O) groups excluding carboxylic acids is 1. The number of pyridine rings is 1. The zero-order valence-corrected chi connectivity index (χ0v) is 17.0. The number of ether oxygens (including phenoxy) is 1. The van der Waals surface area contributed by atoms with Crippen molar-refractivity contribution >= 4 is 22.8 Å². The van der Waals surface area contributed by atoms with E-state index < -0.39 is 37.3 Å². The van der Waals surface area contributed by atoms with Gasteiger partial charge in [0.25, 0.3) is 6.43 Å². The zero-order chi connectivity index (χ0) is 22.7. The summed E-state index contributed by atoms with van der Waals surface area (Å²) in [7, 11) is 0. The number of urea groups is 1. The average Bonchev–Trinajstić information content (AvgIpc) is 3.17. The number of anilines is 1. The maximum atomic E-state index is 12.7. The summed E-state index contributed by atoms with van der Waals surface area (Å²) in [6.45, 7) is -1.37. The lowest BCUT2D eigenvalue weighted by Gasteiger charge is -2.43. The van der Waals surface area contributed by atoms with Crippen LogP contribution in [0.25, 0.3) is 10.9 Å². The maximum absolute atomic E-state index is 12.7. The molecule has 0 bridgehead atoms. The fraction of sp³-hybridized carbons (Fsp3) is 0.381. The Morgan fingerprint density at radius 1 is 1.28 bits per heavy atom. The minimum Gasteiger partial charge on any atom is -0.470 e. The van der Waals surface area contributed by atoms with Crippen molar-refractivity contribution < 1.29 is 28.5 Å². The first-order chi connectivity index (χ1) is 15.4. The molecular formula is C21H23F2N5O4. The van der Waals surface area contributed by atoms with Crippen LogP contribution in [0.2, 0.25) is 0 Å². The van der Waals surface area contributed by atoms with Crippen LogP contribution < -0.4 is 15.4 Å². The van der Waals surface area contributed by atoms with Crippen molar-refractivity contribution in [2.24, 2.45) is 0 Å². The summed E-state index contributed by atoms with van der Waals surface area (Å²) < 4.78 is 29.9. The maximum Gasteiger partial charge on any atom is 0.320 e. The fourth-order valence-corrected chi connectivity index (χ4v) is 3.80. The van der Waals surface area contributed by atoms with Gasteiger partial charge in [-0.3, -0.25) is 10.4 Å². The average molecular weight is 447 g/mol. The Hall–Kier alpha value is -3.31. The van der Waals surface area contributed by atoms with Crippen LogP contribution in [-0.4, -0.2) is 50.1 Å². The molecule has 11 heteroatoms. The van der Waals surface area contributed by atoms with Gasteiger partial charge in [0.05, 0.1) is 34.8 Å². The summed E-state index contributed by atoms with van der Waals surface area (Å²) in [4.78, 5) is 16.9. The lowest BCUT2D eigenvalue weighted by atomic mass is 9.72. The van der Waals surface area contributed by atoms with Crippen LogP contribution in [0.5, 0.6) is 5.88 Å². The smallest absolute Gasteiger partial charge is 0.320 e. The second kappa shape index (κ2) is 9.05. The van der Waals surface area contributed by atoms with Crippen molar-refractivity contribution in [1.82, 2.24) is 20.5 Å². The monoisotopic (exact) mass is 447 g/mol. The molecule has 1 aromatic carbocycles. The standard InChI is InChI=1S/C21H23F2N5O4/c22-15(23)11-32-19-17-13(27-28-19)9-16(24-14(17)10-29)25-20(30)26-18(21(31)7-4-8-21)12-5-2-1-3-6-12/h1-3,5-6,9,15,18,29,31H,4,7-8,10-11H2,(H,27,28)(H2,24,25,26,30). The van der Waals surface area contributed by atoms with E-state index in [2.05, 4.69) is 25.8 Å². The number of benzene rings is 1. The molecule has 2 aromatic heterocycles. The van der Waals surface area contributed by atoms with Gasteiger partial charge >= 0.3 is 6.03 Å². The summed E-state index contributed by atoms with van der Waals surface area (Å²) in [6, 6.07) is 9.43. The molecular weight excluding hydrogens is 424 g/mol. The quantitative estimate of drug-likeness (QED) is 0.361. The number of H-pyrrole nitrogens is 1. The Bertz CT molecular complexity index is 1090. The molecule has 2 heterocycles. The normalized spacial score (nSPS) is 15.9. The third-order valence-electron chi connectivity index (χ3n) is 5.49. The predicted octanol–water partition coefficient (Wildman–Crippen LogP) is 2.87. The van der Waals surface area contributed by atoms with Crippen LogP contribution in [0, 0.1) is 0 Å². The van der Waals surface area contributed by atoms with Crippen LogP contribution in [0.1, 0.15) is 36.6 Å². The number of nitrogens with one attached hydrogen (secondary N) is 3. The SMILES string of the molecule is O=C(Nc1cc2[nH]nc(OCC(F)F)c2c(CO)n1)NC(c1ccccc1)C1(O)CCC1. The van der Waals surface area contributed by atoms with Gasteiger partial charge in [0.15, 0.2) is 6.61 Å². The number of fused-ring (bicyclic) bond motifs is 1. The molecule has 1 unspecified atom stereocenters. The second-order valence-electron chi connectivity index (χ2n) is 7.67. The van der Waals surface area contributed by atoms with Crippen LogP contribution in [0.15, 0.2) is 36.4 Å². The van der Waals surface area contributed by atoms with Gasteiger partial charge in [0, 0.05) is 6.07 Å². The van der Waals surface area contributed by atoms with Gasteiger partial charge in [-0.1, -0.05) is 30.3 Å². The third-order valence-corrected chi connectivity index (χ3v) is 5.49. The van der Waals surface area contributed by atoms with E-state index in [1.165, 1.54) is 6.07 Å². The summed E-state index contributed by atoms with van der Waals surface area (Å²) in [6.07, 6.45) is -0.667. The van der Waals surface area contributed by atoms with Gasteiger partial charge in [-0.2, -0.15) is 0 Å². The third kappa shape index (κ3) is 4.48. The Labute approximate surface area is 181 Å². The van der Waals surface area contributed by atoms with E-state index in [0.717, 1.165) is 12.0 Å². The number of halogens is 2. The van der Waals surface area contributed by atoms with Crippen LogP contribution in [-0.2, 0) is 6.61 Å². The number of aromatic nitrogens is 3. The first-order valence-corrected chi connectivity index (χ1v) is 10.1. The highest BCUT2D eigenvalue weighted by Crippen LogP contribution is 2.42. The number of amides is 2. The van der Waals surface area contributed by atoms with Crippen molar-refractivity contribution in [3.63, 3.8) is 0 Å². The van der Waals surface area contributed by atoms with E-state index in [0.29, 0.717) is 18.4 Å². The number of aliphatic hydroxyl groups is 2. The first kappa shape index (κ1) is 21.9. The van der Waals surface area contributed by atoms with Gasteiger partial charge in [-0.25, -0.2) is 18.6 Å². The molecule has 1 aliphatic carbocycles. The van der Waals surface area contributed by atoms with Crippen LogP contribution >= 0.6 is 0 Å². The van der Waals surface area contributed by atoms with Crippen LogP contribution in [0.4, 0.5) is 19.4 Å². The fourth-order valence-electron chi connectivity index (χ4n) is 3.80. The van der Waals surface area contributed by atoms with E-state index in [1.807, 2.05) is 30.3 Å². The molecule has 2 amide bonds. The Morgan fingerprint density at radius 2 is 2.03 bits per heavy atom. The van der Waals surface area contributed by atoms with Gasteiger partial charge in [-0.15, -0.1) is 5.10 Å². The number of hydrogen-bond donors (Lipinski definition) is 5. The number of alkyl halides is 2. The van der Waals surface area contributed by atoms with Crippen molar-refractivity contribution in [1.29, 1.82) is 0 Å². The van der Waals surface area contributed by atoms with Gasteiger partial charge in [-0.05, 0) is 24.8 Å². The number of hydrogen-bond acceptors (Lipinski definition) is 6. The van der Waals surface area contributed by atoms with E-state index >= 15 is 0 Å². The topological polar surface area (TPSA) is 132 Å². The minimum atomic E-state index is -2.68. The number of aliphatic hydroxyl groups excluding tert-OH is 1. The number of aromatic amines is 1. The summed E-state index contributed by atoms with van der Waals surface area (Å²) >= 11 is 0. The Balaban J connectivity index is 1.54. The molecule has 9 nitrogen and oxygen atoms in total. The molecule has 0 aliphatic heterocycles. The molecule has 0 spiro atoms. The molecule has 4 rings (SSSR count). The Kier molecular flexibility index (Phi) is 6.19. The highest BCUT2D eigenvalue weighted by molar-refractivity contribution is 5.93. The lowest BCUT2D eigenvalue weighted by Crippen LogP contribution is -2.51. The molecule has 0 radical (unpaired) electrons. The summed E-state index contributed by atoms with van der Waals surface area (Å²) in [5.41, 5.74) is 0.194. The Morgan fingerprint density at radius 3 is 2.66 bits per heavy atom. The number of rotatable bonds is 8. The lowest BCUT2D eigenvalue weighted by molar-refractivity contribution is -0.0627. The molecule has 32 heavy (non-hydrogen) atoms. The predicted molar refractivity (Wildman–Crippen MR) is 111 cm³/mol. The molecule has 170 valence electrons. The largest absolute Gasteiger partial charge is 0.470 e. The van der Waals surface area contributed by atoms with Gasteiger partial charge in [0.2, 0.25) is 5.88 Å². The molecule has 1 fully saturated rings. The van der Waals surface area contributed by atoms with Crippen molar-refractivity contribution in [2.45, 2.75) is 43.9 Å². The molecule has 1 aliphatic rings. The van der Waals surface area contributed by atoms with E-state index in [-0.39, 0.29) is 22.8 Å². The highest BCUT2D eigenvalue weighted by atomic mass is 19.3. The molecule has 0 saturated heterocycles. The van der Waals surface area contributed by atoms with Crippen molar-refractivity contribution in [3.8, 4) is 5.88 Å². The minimum absolute atomic E-state index is 0.105. The zero-order valence-electron chi connectivity index (χ0n) is 17.0. The molecule has 1 saturated carbocycles. The number of nitrogens with zero attached hydrogens (tertiary/aromatic N) is 2. The van der Waals surface area contributed by atoms with Gasteiger partial charge in [0.1, 0.15) is 5.82 Å². The number of carbonyl (C=O) groups is 1. The van der Waals surface area contributed by atoms with E-state index in [9.17, 15) is 23.8 Å². The molecule has 3 aromatic rings. The second-order valence-corrected chi connectivity index (χ2v) is 7.67. The van der Waals surface area contributed by atoms with Crippen molar-refractivity contribution in [2.75, 3.05) is 11.9 Å². The molecule has 5 N–H and O–H groups in total. The highest BCUT2D eigenvalue weighted by Gasteiger charge is 2.43. The van der Waals surface area contributed by atoms with Crippen molar-refractivity contribution in [3.05, 3.63) is 47.7 Å². The summed E-state index contributed by atoms with van der Waals surface area (Å²) in [5, 5.41) is 32.7. The van der Waals surface area contributed by atoms with Gasteiger partial charge < -0.3 is 20.3 Å². The van der Waals surface area contributed by atoms with E-state index in [4.69, 9.17) is 4.74 Å².